The summed E-state index contributed by atoms with van der Waals surface area (Å²) in [6.07, 6.45) is 1.70. The van der Waals surface area contributed by atoms with E-state index in [2.05, 4.69) is 4.90 Å². The Kier molecular flexibility index (Phi) is 6.05. The number of alkyl halides is 1. The van der Waals surface area contributed by atoms with Crippen molar-refractivity contribution in [2.75, 3.05) is 19.7 Å². The van der Waals surface area contributed by atoms with E-state index in [0.717, 1.165) is 25.9 Å². The fraction of sp³-hybridized carbons (Fsp3) is 0.812. The van der Waals surface area contributed by atoms with Gasteiger partial charge in [0.1, 0.15) is 0 Å². The van der Waals surface area contributed by atoms with E-state index in [0.29, 0.717) is 0 Å². The van der Waals surface area contributed by atoms with Gasteiger partial charge in [0, 0.05) is 0 Å². The molecule has 1 atom stereocenters. The average Bonchev–Trinajstić information content (AvgIpc) is 2.53. The van der Waals surface area contributed by atoms with Gasteiger partial charge in [-0.15, -0.1) is 0 Å². The minimum atomic E-state index is -1.22. The number of carbonyl (C=O) groups excluding carboxylic acids is 3. The summed E-state index contributed by atoms with van der Waals surface area (Å²) in [5.74, 6) is -0.974. The monoisotopic (exact) mass is 438 g/mol. The summed E-state index contributed by atoms with van der Waals surface area (Å²) in [7, 11) is 0. The molecule has 1 unspecified atom stereocenters. The van der Waals surface area contributed by atoms with Crippen LogP contribution in [0.3, 0.4) is 0 Å². The molecular weight excluding hydrogens is 413 g/mol. The van der Waals surface area contributed by atoms with Gasteiger partial charge in [-0.2, -0.15) is 0 Å². The molecule has 0 radical (unpaired) electrons. The maximum atomic E-state index is 12.9. The van der Waals surface area contributed by atoms with E-state index in [-0.39, 0.29) is 42.1 Å². The van der Waals surface area contributed by atoms with E-state index in [1.165, 1.54) is 0 Å². The number of esters is 1. The van der Waals surface area contributed by atoms with Crippen LogP contribution in [0.4, 0.5) is 0 Å². The first-order valence-corrected chi connectivity index (χ1v) is 10.1. The molecule has 0 aromatic carbocycles. The van der Waals surface area contributed by atoms with Crippen molar-refractivity contribution in [2.45, 2.75) is 44.1 Å². The van der Waals surface area contributed by atoms with Crippen LogP contribution in [0.5, 0.6) is 0 Å². The van der Waals surface area contributed by atoms with Crippen molar-refractivity contribution in [1.29, 1.82) is 0 Å². The van der Waals surface area contributed by atoms with Crippen molar-refractivity contribution < 1.29 is 43.8 Å². The fourth-order valence-corrected chi connectivity index (χ4v) is 5.55. The number of piperidine rings is 3. The zero-order valence-electron chi connectivity index (χ0n) is 14.1. The Labute approximate surface area is 148 Å². The molecule has 6 nitrogen and oxygen atoms in total. The molecule has 3 saturated heterocycles. The van der Waals surface area contributed by atoms with Crippen molar-refractivity contribution in [3.8, 4) is 0 Å². The first kappa shape index (κ1) is 18.6. The molecule has 0 aromatic rings. The standard InChI is InChI=1S/C16H25INO5/c1-10(2)14(20)22-9-16(17-23-15(21)11(3)4)13(19)12-5-7-18(16)8-6-12/h10-12H,5-9H2,1-4H3/q-1. The van der Waals surface area contributed by atoms with Gasteiger partial charge in [-0.05, 0) is 0 Å². The Morgan fingerprint density at radius 1 is 1.17 bits per heavy atom. The van der Waals surface area contributed by atoms with Crippen LogP contribution in [0, 0.1) is 17.8 Å². The topological polar surface area (TPSA) is 72.9 Å². The summed E-state index contributed by atoms with van der Waals surface area (Å²) in [6.45, 7) is 8.68. The fourth-order valence-electron chi connectivity index (χ4n) is 2.76. The Bertz CT molecular complexity index is 459. The summed E-state index contributed by atoms with van der Waals surface area (Å²) in [5, 5.41) is 0. The molecule has 0 aromatic heterocycles. The third-order valence-corrected chi connectivity index (χ3v) is 7.24. The summed E-state index contributed by atoms with van der Waals surface area (Å²) in [6, 6.07) is 0. The summed E-state index contributed by atoms with van der Waals surface area (Å²) in [5.41, 5.74) is 0. The Morgan fingerprint density at radius 2 is 1.74 bits per heavy atom. The summed E-state index contributed by atoms with van der Waals surface area (Å²) < 4.78 is 9.98. The van der Waals surface area contributed by atoms with E-state index in [1.807, 2.05) is 0 Å². The molecule has 0 aliphatic carbocycles. The van der Waals surface area contributed by atoms with Crippen LogP contribution in [0.1, 0.15) is 40.5 Å². The van der Waals surface area contributed by atoms with Crippen molar-refractivity contribution >= 4 is 17.7 Å². The van der Waals surface area contributed by atoms with Gasteiger partial charge in [-0.1, -0.05) is 0 Å². The Hall–Kier alpha value is -0.700. The van der Waals surface area contributed by atoms with Crippen LogP contribution >= 0.6 is 0 Å². The number of carbonyl (C=O) groups is 3. The number of ether oxygens (including phenoxy) is 1. The van der Waals surface area contributed by atoms with Crippen LogP contribution in [-0.2, 0) is 22.2 Å². The molecule has 3 heterocycles. The number of nitrogens with zero attached hydrogens (tertiary/aromatic N) is 1. The summed E-state index contributed by atoms with van der Waals surface area (Å²) in [4.78, 5) is 38.6. The van der Waals surface area contributed by atoms with Crippen molar-refractivity contribution in [3.05, 3.63) is 0 Å². The van der Waals surface area contributed by atoms with Gasteiger partial charge in [0.05, 0.1) is 0 Å². The SMILES string of the molecule is CC(C)C(=O)OCC1([I-]OC(=O)C(C)C)C(=O)C2CCN1CC2. The van der Waals surface area contributed by atoms with E-state index >= 15 is 0 Å². The van der Waals surface area contributed by atoms with Gasteiger partial charge in [0.2, 0.25) is 0 Å². The number of halogens is 1. The van der Waals surface area contributed by atoms with Crippen LogP contribution in [-0.4, -0.2) is 45.9 Å². The van der Waals surface area contributed by atoms with E-state index in [1.54, 1.807) is 27.7 Å². The van der Waals surface area contributed by atoms with Crippen molar-refractivity contribution in [3.63, 3.8) is 0 Å². The van der Waals surface area contributed by atoms with Crippen molar-refractivity contribution in [2.24, 2.45) is 17.8 Å². The van der Waals surface area contributed by atoms with E-state index < -0.39 is 25.2 Å². The predicted octanol–water partition coefficient (Wildman–Crippen LogP) is -1.62. The first-order valence-electron chi connectivity index (χ1n) is 8.10. The Balaban J connectivity index is 2.15. The molecule has 3 aliphatic heterocycles. The van der Waals surface area contributed by atoms with Gasteiger partial charge >= 0.3 is 148 Å². The van der Waals surface area contributed by atoms with Crippen LogP contribution < -0.4 is 21.6 Å². The average molecular weight is 438 g/mol. The molecular formula is C16H25INO5-. The number of ketones is 1. The second-order valence-corrected chi connectivity index (χ2v) is 9.44. The molecule has 0 amide bonds. The van der Waals surface area contributed by atoms with E-state index in [4.69, 9.17) is 7.80 Å². The number of fused-ring (bicyclic) bond motifs is 3. The van der Waals surface area contributed by atoms with Crippen LogP contribution in [0.2, 0.25) is 0 Å². The molecule has 3 rings (SSSR count). The quantitative estimate of drug-likeness (QED) is 0.215. The Morgan fingerprint density at radius 3 is 2.22 bits per heavy atom. The predicted molar refractivity (Wildman–Crippen MR) is 78.8 cm³/mol. The molecule has 2 bridgehead atoms. The van der Waals surface area contributed by atoms with Crippen LogP contribution in [0.25, 0.3) is 0 Å². The van der Waals surface area contributed by atoms with Crippen molar-refractivity contribution in [1.82, 2.24) is 4.90 Å². The third-order valence-electron chi connectivity index (χ3n) is 4.34. The van der Waals surface area contributed by atoms with Gasteiger partial charge in [-0.3, -0.25) is 0 Å². The number of hydrogen-bond donors (Lipinski definition) is 0. The molecule has 132 valence electrons. The molecule has 7 heteroatoms. The zero-order chi connectivity index (χ0) is 17.2. The molecule has 0 spiro atoms. The molecule has 0 N–H and O–H groups in total. The zero-order valence-corrected chi connectivity index (χ0v) is 16.3. The van der Waals surface area contributed by atoms with E-state index in [9.17, 15) is 14.4 Å². The number of Topliss-reactive ketones (excluding diaryl/α,β-unsaturated/α-hetero) is 1. The molecule has 3 aliphatic rings. The second-order valence-electron chi connectivity index (χ2n) is 6.78. The maximum absolute atomic E-state index is 12.9. The molecule has 3 fully saturated rings. The van der Waals surface area contributed by atoms with Gasteiger partial charge in [-0.25, -0.2) is 0 Å². The normalized spacial score (nSPS) is 30.1. The summed E-state index contributed by atoms with van der Waals surface area (Å²) >= 11 is -1.22. The number of rotatable bonds is 6. The third kappa shape index (κ3) is 3.87. The van der Waals surface area contributed by atoms with Gasteiger partial charge in [0.25, 0.3) is 0 Å². The van der Waals surface area contributed by atoms with Gasteiger partial charge in [0.15, 0.2) is 0 Å². The van der Waals surface area contributed by atoms with Crippen LogP contribution in [0.15, 0.2) is 0 Å². The molecule has 0 saturated carbocycles. The first-order chi connectivity index (χ1) is 10.8. The molecule has 23 heavy (non-hydrogen) atoms. The second kappa shape index (κ2) is 7.46. The van der Waals surface area contributed by atoms with Gasteiger partial charge < -0.3 is 0 Å². The minimum absolute atomic E-state index is 0.00945. The number of hydrogen-bond acceptors (Lipinski definition) is 6.